The van der Waals surface area contributed by atoms with Gasteiger partial charge in [-0.05, 0) is 44.4 Å². The number of hydrogen-bond acceptors (Lipinski definition) is 3. The van der Waals surface area contributed by atoms with E-state index in [1.807, 2.05) is 19.9 Å². The van der Waals surface area contributed by atoms with Gasteiger partial charge in [0.15, 0.2) is 5.82 Å². The fourth-order valence-electron chi connectivity index (χ4n) is 4.09. The van der Waals surface area contributed by atoms with Crippen LogP contribution in [0.25, 0.3) is 5.82 Å². The summed E-state index contributed by atoms with van der Waals surface area (Å²) in [7, 11) is 0. The van der Waals surface area contributed by atoms with Gasteiger partial charge in [0.1, 0.15) is 5.82 Å². The van der Waals surface area contributed by atoms with Gasteiger partial charge >= 0.3 is 0 Å². The van der Waals surface area contributed by atoms with Gasteiger partial charge in [-0.3, -0.25) is 0 Å². The lowest BCUT2D eigenvalue weighted by atomic mass is 9.98. The highest BCUT2D eigenvalue weighted by Crippen LogP contribution is 2.70. The van der Waals surface area contributed by atoms with Gasteiger partial charge in [0.05, 0.1) is 11.4 Å². The van der Waals surface area contributed by atoms with Crippen LogP contribution in [-0.4, -0.2) is 19.7 Å². The molecule has 0 spiro atoms. The number of rotatable bonds is 1. The molecular weight excluding hydrogens is 248 g/mol. The van der Waals surface area contributed by atoms with Crippen molar-refractivity contribution in [2.45, 2.75) is 47.0 Å². The zero-order valence-electron chi connectivity index (χ0n) is 12.7. The summed E-state index contributed by atoms with van der Waals surface area (Å²) in [5.41, 5.74) is 5.48. The zero-order chi connectivity index (χ0) is 14.2. The van der Waals surface area contributed by atoms with Crippen molar-refractivity contribution >= 4 is 0 Å². The second-order valence-electron chi connectivity index (χ2n) is 6.88. The molecule has 2 heterocycles. The smallest absolute Gasteiger partial charge is 0.157 e. The van der Waals surface area contributed by atoms with Gasteiger partial charge in [-0.15, -0.1) is 0 Å². The van der Waals surface area contributed by atoms with E-state index in [1.54, 1.807) is 0 Å². The van der Waals surface area contributed by atoms with Gasteiger partial charge in [-0.25, -0.2) is 14.6 Å². The van der Waals surface area contributed by atoms with Gasteiger partial charge in [0.2, 0.25) is 0 Å². The molecule has 2 aromatic heterocycles. The molecule has 1 fully saturated rings. The highest BCUT2D eigenvalue weighted by atomic mass is 15.3. The minimum Gasteiger partial charge on any atom is -0.238 e. The molecule has 0 bridgehead atoms. The molecule has 0 aromatic carbocycles. The third kappa shape index (κ3) is 1.39. The van der Waals surface area contributed by atoms with Crippen LogP contribution in [-0.2, 0) is 6.42 Å². The summed E-state index contributed by atoms with van der Waals surface area (Å²) < 4.78 is 2.05. The summed E-state index contributed by atoms with van der Waals surface area (Å²) in [6.45, 7) is 10.8. The van der Waals surface area contributed by atoms with Crippen LogP contribution in [0, 0.1) is 32.1 Å². The highest BCUT2D eigenvalue weighted by Gasteiger charge is 2.63. The molecule has 2 atom stereocenters. The summed E-state index contributed by atoms with van der Waals surface area (Å²) in [5.74, 6) is 3.23. The number of aromatic nitrogens is 4. The predicted molar refractivity (Wildman–Crippen MR) is 77.1 cm³/mol. The van der Waals surface area contributed by atoms with Gasteiger partial charge in [-0.1, -0.05) is 13.8 Å². The van der Waals surface area contributed by atoms with Crippen molar-refractivity contribution in [3.05, 3.63) is 34.5 Å². The molecule has 0 N–H and O–H groups in total. The van der Waals surface area contributed by atoms with E-state index < -0.39 is 0 Å². The van der Waals surface area contributed by atoms with Gasteiger partial charge in [-0.2, -0.15) is 5.10 Å². The number of hydrogen-bond donors (Lipinski definition) is 0. The minimum absolute atomic E-state index is 0.461. The van der Waals surface area contributed by atoms with Crippen LogP contribution in [0.2, 0.25) is 0 Å². The molecule has 0 amide bonds. The molecule has 0 aliphatic heterocycles. The molecule has 4 rings (SSSR count). The average molecular weight is 268 g/mol. The summed E-state index contributed by atoms with van der Waals surface area (Å²) >= 11 is 0. The molecule has 2 aliphatic carbocycles. The quantitative estimate of drug-likeness (QED) is 0.798. The fourth-order valence-corrected chi connectivity index (χ4v) is 4.09. The van der Waals surface area contributed by atoms with Crippen molar-refractivity contribution in [1.82, 2.24) is 19.7 Å². The maximum absolute atomic E-state index is 4.75. The van der Waals surface area contributed by atoms with Gasteiger partial charge in [0.25, 0.3) is 0 Å². The Balaban J connectivity index is 1.87. The highest BCUT2D eigenvalue weighted by molar-refractivity contribution is 5.47. The van der Waals surface area contributed by atoms with Crippen molar-refractivity contribution in [2.24, 2.45) is 11.3 Å². The average Bonchev–Trinajstić information content (AvgIpc) is 2.71. The van der Waals surface area contributed by atoms with Crippen LogP contribution in [0.3, 0.4) is 0 Å². The van der Waals surface area contributed by atoms with Crippen LogP contribution < -0.4 is 0 Å². The standard InChI is InChI=1S/C16H20N4/c1-8-6-13(18-10(3)17-8)20-12-7-11-15(16(11,4)5)14(12)9(2)19-20/h6,11,15H,7H2,1-5H3/t11-,15-/m1/s1. The molecular formula is C16H20N4. The topological polar surface area (TPSA) is 43.6 Å². The largest absolute Gasteiger partial charge is 0.238 e. The lowest BCUT2D eigenvalue weighted by molar-refractivity contribution is 0.532. The van der Waals surface area contributed by atoms with Crippen LogP contribution in [0.1, 0.15) is 48.2 Å². The van der Waals surface area contributed by atoms with Gasteiger partial charge in [0, 0.05) is 17.3 Å². The molecule has 1 saturated carbocycles. The van der Waals surface area contributed by atoms with E-state index in [4.69, 9.17) is 5.10 Å². The molecule has 2 aromatic rings. The maximum atomic E-state index is 4.75. The number of aryl methyl sites for hydroxylation is 3. The molecule has 2 aliphatic rings. The van der Waals surface area contributed by atoms with Crippen LogP contribution in [0.15, 0.2) is 6.07 Å². The van der Waals surface area contributed by atoms with Crippen LogP contribution in [0.4, 0.5) is 0 Å². The van der Waals surface area contributed by atoms with E-state index in [0.717, 1.165) is 29.7 Å². The monoisotopic (exact) mass is 268 g/mol. The van der Waals surface area contributed by atoms with E-state index in [0.29, 0.717) is 11.3 Å². The Morgan fingerprint density at radius 1 is 1.20 bits per heavy atom. The first-order valence-electron chi connectivity index (χ1n) is 7.30. The first-order valence-corrected chi connectivity index (χ1v) is 7.30. The predicted octanol–water partition coefficient (Wildman–Crippen LogP) is 2.88. The molecule has 4 nitrogen and oxygen atoms in total. The van der Waals surface area contributed by atoms with E-state index >= 15 is 0 Å². The Hall–Kier alpha value is -1.71. The van der Waals surface area contributed by atoms with Crippen molar-refractivity contribution < 1.29 is 0 Å². The van der Waals surface area contributed by atoms with Crippen molar-refractivity contribution in [3.8, 4) is 5.82 Å². The van der Waals surface area contributed by atoms with Crippen molar-refractivity contribution in [1.29, 1.82) is 0 Å². The Morgan fingerprint density at radius 2 is 1.95 bits per heavy atom. The first kappa shape index (κ1) is 12.1. The number of nitrogens with zero attached hydrogens (tertiary/aromatic N) is 4. The lowest BCUT2D eigenvalue weighted by Crippen LogP contribution is -2.09. The van der Waals surface area contributed by atoms with Crippen LogP contribution >= 0.6 is 0 Å². The van der Waals surface area contributed by atoms with Crippen LogP contribution in [0.5, 0.6) is 0 Å². The van der Waals surface area contributed by atoms with E-state index in [9.17, 15) is 0 Å². The van der Waals surface area contributed by atoms with E-state index in [2.05, 4.69) is 35.4 Å². The third-order valence-electron chi connectivity index (χ3n) is 5.15. The Labute approximate surface area is 119 Å². The van der Waals surface area contributed by atoms with Crippen molar-refractivity contribution in [2.75, 3.05) is 0 Å². The van der Waals surface area contributed by atoms with Crippen molar-refractivity contribution in [3.63, 3.8) is 0 Å². The second-order valence-corrected chi connectivity index (χ2v) is 6.88. The molecule has 0 unspecified atom stereocenters. The minimum atomic E-state index is 0.461. The van der Waals surface area contributed by atoms with Gasteiger partial charge < -0.3 is 0 Å². The first-order chi connectivity index (χ1) is 9.39. The normalized spacial score (nSPS) is 25.4. The molecule has 4 heteroatoms. The zero-order valence-corrected chi connectivity index (χ0v) is 12.7. The van der Waals surface area contributed by atoms with E-state index in [-0.39, 0.29) is 0 Å². The Morgan fingerprint density at radius 3 is 2.65 bits per heavy atom. The molecule has 0 radical (unpaired) electrons. The number of fused-ring (bicyclic) bond motifs is 3. The van der Waals surface area contributed by atoms with E-state index in [1.165, 1.54) is 17.0 Å². The Kier molecular flexibility index (Phi) is 2.10. The lowest BCUT2D eigenvalue weighted by Gasteiger charge is -2.11. The third-order valence-corrected chi connectivity index (χ3v) is 5.15. The summed E-state index contributed by atoms with van der Waals surface area (Å²) in [6, 6.07) is 2.02. The molecule has 20 heavy (non-hydrogen) atoms. The summed E-state index contributed by atoms with van der Waals surface area (Å²) in [5, 5.41) is 4.75. The Bertz CT molecular complexity index is 706. The maximum Gasteiger partial charge on any atom is 0.157 e. The second kappa shape index (κ2) is 3.48. The molecule has 104 valence electrons. The summed E-state index contributed by atoms with van der Waals surface area (Å²) in [4.78, 5) is 8.92. The molecule has 0 saturated heterocycles. The fraction of sp³-hybridized carbons (Fsp3) is 0.562. The summed E-state index contributed by atoms with van der Waals surface area (Å²) in [6.07, 6.45) is 1.13. The SMILES string of the molecule is Cc1cc(-n2nc(C)c3c2C[C@@H]2[C@H]3C2(C)C)nc(C)n1.